The Balaban J connectivity index is 1.17. The van der Waals surface area contributed by atoms with Crippen molar-refractivity contribution in [2.24, 2.45) is 0 Å². The number of anilines is 3. The molecule has 0 aliphatic carbocycles. The van der Waals surface area contributed by atoms with Crippen molar-refractivity contribution < 1.29 is 4.42 Å². The van der Waals surface area contributed by atoms with Crippen LogP contribution in [0.25, 0.3) is 66.1 Å². The molecule has 9 aromatic rings. The zero-order chi connectivity index (χ0) is 31.9. The molecule has 0 aliphatic rings. The van der Waals surface area contributed by atoms with Crippen LogP contribution in [0.15, 0.2) is 192 Å². The number of nitrogens with zero attached hydrogens (tertiary/aromatic N) is 1. The van der Waals surface area contributed by atoms with Crippen LogP contribution >= 0.6 is 0 Å². The molecule has 48 heavy (non-hydrogen) atoms. The molecule has 0 fully saturated rings. The maximum absolute atomic E-state index is 6.24. The maximum atomic E-state index is 6.24. The molecule has 0 aliphatic heterocycles. The van der Waals surface area contributed by atoms with Crippen LogP contribution in [0, 0.1) is 0 Å². The zero-order valence-corrected chi connectivity index (χ0v) is 26.3. The van der Waals surface area contributed by atoms with Crippen molar-refractivity contribution in [3.63, 3.8) is 0 Å². The van der Waals surface area contributed by atoms with E-state index in [-0.39, 0.29) is 0 Å². The quantitative estimate of drug-likeness (QED) is 0.185. The lowest BCUT2D eigenvalue weighted by Gasteiger charge is -2.26. The molecule has 0 unspecified atom stereocenters. The summed E-state index contributed by atoms with van der Waals surface area (Å²) in [5, 5.41) is 4.78. The lowest BCUT2D eigenvalue weighted by molar-refractivity contribution is 0.669. The van der Waals surface area contributed by atoms with E-state index in [0.717, 1.165) is 50.1 Å². The van der Waals surface area contributed by atoms with Gasteiger partial charge in [-0.1, -0.05) is 140 Å². The van der Waals surface area contributed by atoms with Gasteiger partial charge in [0.1, 0.15) is 11.2 Å². The van der Waals surface area contributed by atoms with Gasteiger partial charge in [0.05, 0.1) is 0 Å². The highest BCUT2D eigenvalue weighted by Gasteiger charge is 2.17. The van der Waals surface area contributed by atoms with Crippen LogP contribution < -0.4 is 4.90 Å². The summed E-state index contributed by atoms with van der Waals surface area (Å²) in [6.07, 6.45) is 0. The van der Waals surface area contributed by atoms with Crippen molar-refractivity contribution in [3.8, 4) is 33.4 Å². The van der Waals surface area contributed by atoms with Crippen molar-refractivity contribution in [3.05, 3.63) is 188 Å². The van der Waals surface area contributed by atoms with Crippen LogP contribution in [0.1, 0.15) is 0 Å². The van der Waals surface area contributed by atoms with Crippen LogP contribution in [0.5, 0.6) is 0 Å². The van der Waals surface area contributed by atoms with Gasteiger partial charge in [-0.3, -0.25) is 0 Å². The van der Waals surface area contributed by atoms with E-state index < -0.39 is 0 Å². The lowest BCUT2D eigenvalue weighted by Crippen LogP contribution is -2.10. The maximum Gasteiger partial charge on any atom is 0.136 e. The summed E-state index contributed by atoms with van der Waals surface area (Å²) in [4.78, 5) is 2.35. The summed E-state index contributed by atoms with van der Waals surface area (Å²) in [5.74, 6) is 0. The molecule has 2 heteroatoms. The Bertz CT molecular complexity index is 2540. The Labute approximate surface area is 279 Å². The summed E-state index contributed by atoms with van der Waals surface area (Å²) in [6, 6.07) is 66.9. The van der Waals surface area contributed by atoms with E-state index in [1.807, 2.05) is 12.1 Å². The van der Waals surface area contributed by atoms with E-state index in [1.54, 1.807) is 0 Å². The van der Waals surface area contributed by atoms with Gasteiger partial charge in [0.2, 0.25) is 0 Å². The number of para-hydroxylation sites is 1. The summed E-state index contributed by atoms with van der Waals surface area (Å²) < 4.78 is 6.24. The zero-order valence-electron chi connectivity index (χ0n) is 26.3. The first-order valence-corrected chi connectivity index (χ1v) is 16.3. The van der Waals surface area contributed by atoms with E-state index in [1.165, 1.54) is 33.0 Å². The molecule has 1 aromatic heterocycles. The minimum atomic E-state index is 0.900. The third kappa shape index (κ3) is 4.92. The molecule has 0 atom stereocenters. The largest absolute Gasteiger partial charge is 0.456 e. The van der Waals surface area contributed by atoms with Crippen molar-refractivity contribution >= 4 is 49.8 Å². The Morgan fingerprint density at radius 2 is 0.896 bits per heavy atom. The number of furan rings is 1. The average molecular weight is 614 g/mol. The third-order valence-corrected chi connectivity index (χ3v) is 9.28. The van der Waals surface area contributed by atoms with Crippen molar-refractivity contribution in [1.29, 1.82) is 0 Å². The molecular formula is C46H31NO. The Morgan fingerprint density at radius 1 is 0.333 bits per heavy atom. The average Bonchev–Trinajstić information content (AvgIpc) is 3.55. The minimum Gasteiger partial charge on any atom is -0.456 e. The van der Waals surface area contributed by atoms with Crippen molar-refractivity contribution in [2.45, 2.75) is 0 Å². The fourth-order valence-electron chi connectivity index (χ4n) is 6.98. The van der Waals surface area contributed by atoms with Gasteiger partial charge in [0, 0.05) is 27.8 Å². The first-order chi connectivity index (χ1) is 23.8. The highest BCUT2D eigenvalue weighted by Crippen LogP contribution is 2.41. The minimum absolute atomic E-state index is 0.900. The summed E-state index contributed by atoms with van der Waals surface area (Å²) in [6.45, 7) is 0. The van der Waals surface area contributed by atoms with Crippen LogP contribution in [-0.4, -0.2) is 0 Å². The van der Waals surface area contributed by atoms with Gasteiger partial charge >= 0.3 is 0 Å². The Morgan fingerprint density at radius 3 is 1.71 bits per heavy atom. The lowest BCUT2D eigenvalue weighted by atomic mass is 9.97. The Hall–Kier alpha value is -6.38. The molecule has 8 aromatic carbocycles. The van der Waals surface area contributed by atoms with Crippen molar-refractivity contribution in [1.82, 2.24) is 0 Å². The van der Waals surface area contributed by atoms with Gasteiger partial charge in [0.15, 0.2) is 0 Å². The van der Waals surface area contributed by atoms with Crippen molar-refractivity contribution in [2.75, 3.05) is 4.90 Å². The molecule has 2 nitrogen and oxygen atoms in total. The van der Waals surface area contributed by atoms with E-state index >= 15 is 0 Å². The normalized spacial score (nSPS) is 11.3. The molecule has 0 saturated heterocycles. The first kappa shape index (κ1) is 27.9. The van der Waals surface area contributed by atoms with Gasteiger partial charge in [-0.25, -0.2) is 0 Å². The number of hydrogen-bond donors (Lipinski definition) is 0. The van der Waals surface area contributed by atoms with Crippen LogP contribution in [0.4, 0.5) is 17.1 Å². The highest BCUT2D eigenvalue weighted by molar-refractivity contribution is 6.12. The highest BCUT2D eigenvalue weighted by atomic mass is 16.3. The van der Waals surface area contributed by atoms with Crippen LogP contribution in [-0.2, 0) is 0 Å². The standard InChI is InChI=1S/C46H31NO/c1-2-11-32(12-3-1)33-23-27-37(28-24-33)47(38-29-25-35(26-30-38)41-19-9-14-34-13-4-5-17-40(34)41)39-16-8-15-36(31-39)42-20-10-22-45-46(42)43-18-6-7-21-44(43)48-45/h1-31H. The second kappa shape index (κ2) is 11.8. The van der Waals surface area contributed by atoms with Gasteiger partial charge in [0.25, 0.3) is 0 Å². The Kier molecular flexibility index (Phi) is 6.84. The molecule has 9 rings (SSSR count). The topological polar surface area (TPSA) is 16.4 Å². The molecule has 1 heterocycles. The fourth-order valence-corrected chi connectivity index (χ4v) is 6.98. The molecule has 0 bridgehead atoms. The van der Waals surface area contributed by atoms with Gasteiger partial charge in [-0.2, -0.15) is 0 Å². The fraction of sp³-hybridized carbons (Fsp3) is 0. The summed E-state index contributed by atoms with van der Waals surface area (Å²) in [7, 11) is 0. The monoisotopic (exact) mass is 613 g/mol. The smallest absolute Gasteiger partial charge is 0.136 e. The predicted molar refractivity (Wildman–Crippen MR) is 202 cm³/mol. The molecule has 0 radical (unpaired) electrons. The predicted octanol–water partition coefficient (Wildman–Crippen LogP) is 13.2. The molecular weight excluding hydrogens is 583 g/mol. The van der Waals surface area contributed by atoms with Gasteiger partial charge < -0.3 is 9.32 Å². The first-order valence-electron chi connectivity index (χ1n) is 16.3. The summed E-state index contributed by atoms with van der Waals surface area (Å²) in [5.41, 5.74) is 12.2. The van der Waals surface area contributed by atoms with Gasteiger partial charge in [-0.05, 0) is 92.7 Å². The molecule has 0 spiro atoms. The molecule has 0 N–H and O–H groups in total. The molecule has 0 saturated carbocycles. The third-order valence-electron chi connectivity index (χ3n) is 9.28. The summed E-state index contributed by atoms with van der Waals surface area (Å²) >= 11 is 0. The second-order valence-electron chi connectivity index (χ2n) is 12.1. The molecule has 0 amide bonds. The van der Waals surface area contributed by atoms with Crippen LogP contribution in [0.3, 0.4) is 0 Å². The van der Waals surface area contributed by atoms with E-state index in [0.29, 0.717) is 0 Å². The number of benzene rings is 8. The van der Waals surface area contributed by atoms with E-state index in [9.17, 15) is 0 Å². The second-order valence-corrected chi connectivity index (χ2v) is 12.1. The van der Waals surface area contributed by atoms with E-state index in [4.69, 9.17) is 4.42 Å². The number of rotatable bonds is 6. The number of hydrogen-bond acceptors (Lipinski definition) is 2. The van der Waals surface area contributed by atoms with E-state index in [2.05, 4.69) is 181 Å². The SMILES string of the molecule is c1ccc(-c2ccc(N(c3ccc(-c4cccc5ccccc45)cc3)c3cccc(-c4cccc5oc6ccccc6c45)c3)cc2)cc1. The number of fused-ring (bicyclic) bond motifs is 4. The van der Waals surface area contributed by atoms with Gasteiger partial charge in [-0.15, -0.1) is 0 Å². The van der Waals surface area contributed by atoms with Crippen LogP contribution in [0.2, 0.25) is 0 Å². The molecule has 226 valence electrons.